The van der Waals surface area contributed by atoms with Crippen molar-refractivity contribution in [2.75, 3.05) is 0 Å². The summed E-state index contributed by atoms with van der Waals surface area (Å²) in [5.74, 6) is 0. The first-order chi connectivity index (χ1) is 26.9. The fourth-order valence-electron chi connectivity index (χ4n) is 9.45. The third kappa shape index (κ3) is 4.94. The minimum absolute atomic E-state index is 1.01. The Hall–Kier alpha value is -6.39. The number of H-pyrrole nitrogens is 1. The van der Waals surface area contributed by atoms with Gasteiger partial charge in [-0.1, -0.05) is 42.5 Å². The highest BCUT2D eigenvalue weighted by Crippen LogP contribution is 2.46. The lowest BCUT2D eigenvalue weighted by molar-refractivity contribution is 0.898. The van der Waals surface area contributed by atoms with E-state index in [0.29, 0.717) is 0 Å². The van der Waals surface area contributed by atoms with Crippen molar-refractivity contribution < 1.29 is 0 Å². The molecule has 4 heteroatoms. The molecule has 2 aliphatic rings. The molecule has 11 rings (SSSR count). The molecule has 0 spiro atoms. The number of rotatable bonds is 4. The molecule has 4 heterocycles. The predicted octanol–water partition coefficient (Wildman–Crippen LogP) is 12.6. The second kappa shape index (κ2) is 12.1. The van der Waals surface area contributed by atoms with Crippen LogP contribution in [0.25, 0.3) is 78.0 Å². The maximum absolute atomic E-state index is 4.38. The van der Waals surface area contributed by atoms with Gasteiger partial charge in [0, 0.05) is 57.9 Å². The van der Waals surface area contributed by atoms with E-state index in [4.69, 9.17) is 0 Å². The molecule has 266 valence electrons. The second-order valence-electron chi connectivity index (χ2n) is 15.9. The number of allylic oxidation sites excluding steroid dienone is 1. The Balaban J connectivity index is 1.14. The summed E-state index contributed by atoms with van der Waals surface area (Å²) in [4.78, 5) is 7.72. The van der Waals surface area contributed by atoms with E-state index in [1.54, 1.807) is 0 Å². The van der Waals surface area contributed by atoms with Gasteiger partial charge in [-0.25, -0.2) is 0 Å². The highest BCUT2D eigenvalue weighted by Gasteiger charge is 2.27. The van der Waals surface area contributed by atoms with Crippen molar-refractivity contribution in [3.8, 4) is 33.6 Å². The van der Waals surface area contributed by atoms with Gasteiger partial charge in [-0.05, 0) is 181 Å². The molecular weight excluding hydrogens is 669 g/mol. The lowest BCUT2D eigenvalue weighted by Crippen LogP contribution is -2.06. The van der Waals surface area contributed by atoms with E-state index in [0.717, 1.165) is 31.4 Å². The molecule has 0 amide bonds. The summed E-state index contributed by atoms with van der Waals surface area (Å²) < 4.78 is 4.95. The zero-order valence-electron chi connectivity index (χ0n) is 31.8. The Morgan fingerprint density at radius 2 is 1.15 bits per heavy atom. The van der Waals surface area contributed by atoms with Crippen LogP contribution in [0.5, 0.6) is 0 Å². The molecule has 0 fully saturated rings. The van der Waals surface area contributed by atoms with Crippen molar-refractivity contribution in [1.82, 2.24) is 19.1 Å². The predicted molar refractivity (Wildman–Crippen MR) is 230 cm³/mol. The first kappa shape index (κ1) is 32.1. The number of hydrogen-bond acceptors (Lipinski definition) is 1. The molecule has 0 radical (unpaired) electrons. The van der Waals surface area contributed by atoms with E-state index in [1.807, 2.05) is 18.6 Å². The number of aromatic nitrogens is 4. The van der Waals surface area contributed by atoms with Crippen LogP contribution in [0, 0.1) is 27.7 Å². The zero-order valence-corrected chi connectivity index (χ0v) is 31.8. The number of nitrogens with zero attached hydrogens (tertiary/aromatic N) is 3. The maximum Gasteiger partial charge on any atom is 0.0633 e. The molecule has 9 aromatic rings. The number of fused-ring (bicyclic) bond motifs is 9. The molecule has 0 atom stereocenters. The molecule has 55 heavy (non-hydrogen) atoms. The van der Waals surface area contributed by atoms with E-state index in [9.17, 15) is 0 Å². The van der Waals surface area contributed by atoms with Crippen LogP contribution in [-0.2, 0) is 19.3 Å². The van der Waals surface area contributed by atoms with E-state index in [1.165, 1.54) is 116 Å². The third-order valence-electron chi connectivity index (χ3n) is 12.7. The average Bonchev–Trinajstić information content (AvgIpc) is 3.93. The van der Waals surface area contributed by atoms with Crippen molar-refractivity contribution in [3.05, 3.63) is 172 Å². The Morgan fingerprint density at radius 1 is 0.509 bits per heavy atom. The molecule has 0 saturated carbocycles. The van der Waals surface area contributed by atoms with Crippen molar-refractivity contribution in [2.45, 2.75) is 53.4 Å². The SMILES string of the molecule is Cc1ccc(C2=Cc3c(n(-c4cc[nH]c4)c4cc5c(cc34)CCc3cc4c6cc(-c7ccc(C)c(C)c7)ccc6n(-c6ccncc6)c4cc3-5)CC2)cc1C. The highest BCUT2D eigenvalue weighted by molar-refractivity contribution is 6.12. The van der Waals surface area contributed by atoms with Crippen LogP contribution in [0.1, 0.15) is 56.6 Å². The smallest absolute Gasteiger partial charge is 0.0633 e. The summed E-state index contributed by atoms with van der Waals surface area (Å²) in [6, 6.07) is 37.2. The van der Waals surface area contributed by atoms with Crippen molar-refractivity contribution in [1.29, 1.82) is 0 Å². The summed E-state index contributed by atoms with van der Waals surface area (Å²) >= 11 is 0. The van der Waals surface area contributed by atoms with Gasteiger partial charge < -0.3 is 14.1 Å². The molecule has 0 bridgehead atoms. The molecule has 5 aromatic carbocycles. The van der Waals surface area contributed by atoms with E-state index in [-0.39, 0.29) is 0 Å². The summed E-state index contributed by atoms with van der Waals surface area (Å²) in [6.07, 6.45) is 14.5. The minimum Gasteiger partial charge on any atom is -0.366 e. The number of pyridine rings is 1. The summed E-state index contributed by atoms with van der Waals surface area (Å²) in [6.45, 7) is 8.81. The average molecular weight is 711 g/mol. The summed E-state index contributed by atoms with van der Waals surface area (Å²) in [5, 5.41) is 3.94. The number of aromatic amines is 1. The van der Waals surface area contributed by atoms with Gasteiger partial charge in [0.25, 0.3) is 0 Å². The molecule has 2 aliphatic carbocycles. The standard InChI is InChI=1S/C51H42N4/c1-30-5-7-34(21-32(30)3)36-11-13-48-44(23-36)46-25-38-9-10-39-26-47-45-24-37(35-8-6-31(2)33(4)22-35)12-14-49(45)55(41-17-20-53-29-41)51(47)28-43(39)42(38)27-50(46)54(48)40-15-18-52-19-16-40/h5-8,11,13,15-29,53H,9-10,12,14H2,1-4H3. The molecule has 0 aliphatic heterocycles. The van der Waals surface area contributed by atoms with Gasteiger partial charge in [0.1, 0.15) is 0 Å². The van der Waals surface area contributed by atoms with Gasteiger partial charge in [0.2, 0.25) is 0 Å². The largest absolute Gasteiger partial charge is 0.366 e. The van der Waals surface area contributed by atoms with E-state index in [2.05, 4.69) is 156 Å². The van der Waals surface area contributed by atoms with Crippen LogP contribution >= 0.6 is 0 Å². The van der Waals surface area contributed by atoms with Crippen molar-refractivity contribution >= 4 is 44.4 Å². The van der Waals surface area contributed by atoms with Crippen molar-refractivity contribution in [2.24, 2.45) is 0 Å². The number of hydrogen-bond donors (Lipinski definition) is 1. The molecular formula is C51H42N4. The molecule has 4 nitrogen and oxygen atoms in total. The van der Waals surface area contributed by atoms with Crippen LogP contribution in [0.3, 0.4) is 0 Å². The van der Waals surface area contributed by atoms with Gasteiger partial charge in [-0.15, -0.1) is 0 Å². The number of aryl methyl sites for hydroxylation is 6. The Kier molecular flexibility index (Phi) is 7.03. The van der Waals surface area contributed by atoms with Gasteiger partial charge >= 0.3 is 0 Å². The summed E-state index contributed by atoms with van der Waals surface area (Å²) in [5.41, 5.74) is 25.0. The minimum atomic E-state index is 1.01. The van der Waals surface area contributed by atoms with Crippen LogP contribution in [0.4, 0.5) is 0 Å². The van der Waals surface area contributed by atoms with Gasteiger partial charge in [0.15, 0.2) is 0 Å². The van der Waals surface area contributed by atoms with E-state index >= 15 is 0 Å². The molecule has 0 unspecified atom stereocenters. The Labute approximate surface area is 321 Å². The topological polar surface area (TPSA) is 38.5 Å². The van der Waals surface area contributed by atoms with E-state index < -0.39 is 0 Å². The molecule has 1 N–H and O–H groups in total. The fraction of sp³-hybridized carbons (Fsp3) is 0.157. The first-order valence-corrected chi connectivity index (χ1v) is 19.6. The normalized spacial score (nSPS) is 13.6. The highest BCUT2D eigenvalue weighted by atomic mass is 15.0. The zero-order chi connectivity index (χ0) is 36.9. The molecule has 0 saturated heterocycles. The van der Waals surface area contributed by atoms with Gasteiger partial charge in [-0.2, -0.15) is 0 Å². The second-order valence-corrected chi connectivity index (χ2v) is 15.9. The maximum atomic E-state index is 4.38. The third-order valence-corrected chi connectivity index (χ3v) is 12.7. The monoisotopic (exact) mass is 710 g/mol. The number of benzene rings is 5. The molecule has 4 aromatic heterocycles. The first-order valence-electron chi connectivity index (χ1n) is 19.6. The summed E-state index contributed by atoms with van der Waals surface area (Å²) in [7, 11) is 0. The lowest BCUT2D eigenvalue weighted by atomic mass is 9.83. The van der Waals surface area contributed by atoms with Gasteiger partial charge in [0.05, 0.1) is 22.2 Å². The van der Waals surface area contributed by atoms with Crippen LogP contribution in [-0.4, -0.2) is 19.1 Å². The van der Waals surface area contributed by atoms with Crippen LogP contribution < -0.4 is 0 Å². The van der Waals surface area contributed by atoms with Gasteiger partial charge in [-0.3, -0.25) is 4.98 Å². The Morgan fingerprint density at radius 3 is 1.85 bits per heavy atom. The van der Waals surface area contributed by atoms with Crippen LogP contribution in [0.15, 0.2) is 122 Å². The fourth-order valence-corrected chi connectivity index (χ4v) is 9.45. The van der Waals surface area contributed by atoms with Crippen LogP contribution in [0.2, 0.25) is 0 Å². The number of nitrogens with one attached hydrogen (secondary N) is 1. The quantitative estimate of drug-likeness (QED) is 0.194. The van der Waals surface area contributed by atoms with Crippen molar-refractivity contribution in [3.63, 3.8) is 0 Å². The Bertz CT molecular complexity index is 3060. The lowest BCUT2D eigenvalue weighted by Gasteiger charge is -2.21.